The average Bonchev–Trinajstić information content (AvgIpc) is 2.25. The van der Waals surface area contributed by atoms with Gasteiger partial charge in [-0.2, -0.15) is 0 Å². The fraction of sp³-hybridized carbons (Fsp3) is 0.200. The summed E-state index contributed by atoms with van der Waals surface area (Å²) >= 11 is 0. The number of amides is 1. The summed E-state index contributed by atoms with van der Waals surface area (Å²) in [5, 5.41) is 2.55. The van der Waals surface area contributed by atoms with Crippen LogP contribution in [0.1, 0.15) is 0 Å². The molecule has 1 atom stereocenters. The Labute approximate surface area is 87.2 Å². The van der Waals surface area contributed by atoms with E-state index in [0.29, 0.717) is 12.0 Å². The van der Waals surface area contributed by atoms with Crippen molar-refractivity contribution in [3.63, 3.8) is 0 Å². The number of primary amides is 1. The molecule has 0 aromatic heterocycles. The van der Waals surface area contributed by atoms with Gasteiger partial charge in [0.25, 0.3) is 0 Å². The molecule has 0 saturated heterocycles. The van der Waals surface area contributed by atoms with Crippen molar-refractivity contribution in [2.24, 2.45) is 5.73 Å². The summed E-state index contributed by atoms with van der Waals surface area (Å²) in [4.78, 5) is 21.0. The maximum Gasteiger partial charge on any atom is 0.231 e. The van der Waals surface area contributed by atoms with Gasteiger partial charge >= 0.3 is 0 Å². The molecule has 1 aromatic carbocycles. The Hall–Kier alpha value is -1.88. The first-order valence-corrected chi connectivity index (χ1v) is 4.41. The van der Waals surface area contributed by atoms with Crippen LogP contribution in [0.15, 0.2) is 30.3 Å². The maximum atomic E-state index is 10.6. The maximum absolute atomic E-state index is 10.6. The molecule has 0 radical (unpaired) electrons. The lowest BCUT2D eigenvalue weighted by Gasteiger charge is -2.13. The Bertz CT molecular complexity index is 327. The van der Waals surface area contributed by atoms with Crippen LogP contribution in [0, 0.1) is 0 Å². The third kappa shape index (κ3) is 4.24. The lowest BCUT2D eigenvalue weighted by Crippen LogP contribution is -2.41. The number of hydrogen-bond donors (Lipinski definition) is 2. The molecule has 0 bridgehead atoms. The summed E-state index contributed by atoms with van der Waals surface area (Å²) in [5.41, 5.74) is 4.92. The van der Waals surface area contributed by atoms with E-state index in [4.69, 9.17) is 10.5 Å². The van der Waals surface area contributed by atoms with Gasteiger partial charge in [-0.15, -0.1) is 0 Å². The van der Waals surface area contributed by atoms with Crippen LogP contribution < -0.4 is 15.8 Å². The highest BCUT2D eigenvalue weighted by atomic mass is 16.5. The fourth-order valence-electron chi connectivity index (χ4n) is 0.964. The first kappa shape index (κ1) is 11.2. The molecule has 80 valence electrons. The van der Waals surface area contributed by atoms with E-state index in [2.05, 4.69) is 5.32 Å². The summed E-state index contributed by atoms with van der Waals surface area (Å²) in [6, 6.07) is 8.82. The second-order valence-electron chi connectivity index (χ2n) is 2.83. The molecule has 15 heavy (non-hydrogen) atoms. The van der Waals surface area contributed by atoms with Gasteiger partial charge in [-0.3, -0.25) is 14.9 Å². The Morgan fingerprint density at radius 3 is 2.67 bits per heavy atom. The number of nitrogens with one attached hydrogen (secondary N) is 1. The van der Waals surface area contributed by atoms with E-state index >= 15 is 0 Å². The third-order valence-corrected chi connectivity index (χ3v) is 1.61. The van der Waals surface area contributed by atoms with Crippen molar-refractivity contribution >= 4 is 12.2 Å². The van der Waals surface area contributed by atoms with E-state index < -0.39 is 12.1 Å². The predicted molar refractivity (Wildman–Crippen MR) is 54.1 cm³/mol. The van der Waals surface area contributed by atoms with Gasteiger partial charge in [-0.25, -0.2) is 0 Å². The van der Waals surface area contributed by atoms with Gasteiger partial charge in [0.15, 0.2) is 6.29 Å². The number of ether oxygens (including phenoxy) is 1. The Morgan fingerprint density at radius 1 is 1.47 bits per heavy atom. The SMILES string of the molecule is NC(=O)CNC(C=O)Oc1ccccc1. The summed E-state index contributed by atoms with van der Waals surface area (Å²) in [5.74, 6) is 0.00471. The van der Waals surface area contributed by atoms with E-state index in [1.165, 1.54) is 0 Å². The molecule has 0 aliphatic carbocycles. The Kier molecular flexibility index (Phi) is 4.30. The van der Waals surface area contributed by atoms with Crippen molar-refractivity contribution in [1.29, 1.82) is 0 Å². The third-order valence-electron chi connectivity index (χ3n) is 1.61. The van der Waals surface area contributed by atoms with E-state index in [0.717, 1.165) is 0 Å². The van der Waals surface area contributed by atoms with Gasteiger partial charge in [-0.05, 0) is 12.1 Å². The summed E-state index contributed by atoms with van der Waals surface area (Å²) < 4.78 is 5.23. The topological polar surface area (TPSA) is 81.4 Å². The predicted octanol–water partition coefficient (Wildman–Crippen LogP) is -0.335. The second kappa shape index (κ2) is 5.77. The minimum absolute atomic E-state index is 0.101. The fourth-order valence-corrected chi connectivity index (χ4v) is 0.964. The van der Waals surface area contributed by atoms with Gasteiger partial charge in [-0.1, -0.05) is 18.2 Å². The van der Waals surface area contributed by atoms with Gasteiger partial charge < -0.3 is 10.5 Å². The molecule has 3 N–H and O–H groups in total. The van der Waals surface area contributed by atoms with Gasteiger partial charge in [0.1, 0.15) is 5.75 Å². The van der Waals surface area contributed by atoms with Crippen LogP contribution in [0.25, 0.3) is 0 Å². The van der Waals surface area contributed by atoms with Crippen LogP contribution in [0.4, 0.5) is 0 Å². The zero-order chi connectivity index (χ0) is 11.1. The highest BCUT2D eigenvalue weighted by molar-refractivity contribution is 5.76. The van der Waals surface area contributed by atoms with Crippen molar-refractivity contribution in [3.05, 3.63) is 30.3 Å². The van der Waals surface area contributed by atoms with Crippen molar-refractivity contribution in [1.82, 2.24) is 5.32 Å². The number of rotatable bonds is 6. The molecule has 5 heteroatoms. The zero-order valence-corrected chi connectivity index (χ0v) is 8.05. The Balaban J connectivity index is 2.47. The molecule has 0 heterocycles. The number of para-hydroxylation sites is 1. The minimum atomic E-state index is -0.861. The highest BCUT2D eigenvalue weighted by Gasteiger charge is 2.08. The van der Waals surface area contributed by atoms with Crippen molar-refractivity contribution in [2.45, 2.75) is 6.23 Å². The summed E-state index contributed by atoms with van der Waals surface area (Å²) in [6.07, 6.45) is -0.296. The zero-order valence-electron chi connectivity index (χ0n) is 8.05. The summed E-state index contributed by atoms with van der Waals surface area (Å²) in [6.45, 7) is -0.101. The first-order chi connectivity index (χ1) is 7.22. The molecule has 1 amide bonds. The molecule has 0 saturated carbocycles. The molecular weight excluding hydrogens is 196 g/mol. The van der Waals surface area contributed by atoms with Crippen LogP contribution in [-0.2, 0) is 9.59 Å². The number of nitrogens with two attached hydrogens (primary N) is 1. The van der Waals surface area contributed by atoms with E-state index in [1.807, 2.05) is 6.07 Å². The lowest BCUT2D eigenvalue weighted by atomic mass is 10.3. The molecule has 1 rings (SSSR count). The van der Waals surface area contributed by atoms with Gasteiger partial charge in [0, 0.05) is 0 Å². The Morgan fingerprint density at radius 2 is 2.13 bits per heavy atom. The standard InChI is InChI=1S/C10H12N2O3/c11-9(14)6-12-10(7-13)15-8-4-2-1-3-5-8/h1-5,7,10,12H,6H2,(H2,11,14). The summed E-state index contributed by atoms with van der Waals surface area (Å²) in [7, 11) is 0. The highest BCUT2D eigenvalue weighted by Crippen LogP contribution is 2.08. The van der Waals surface area contributed by atoms with Gasteiger partial charge in [0.2, 0.25) is 12.1 Å². The quantitative estimate of drug-likeness (QED) is 0.495. The van der Waals surface area contributed by atoms with E-state index in [9.17, 15) is 9.59 Å². The van der Waals surface area contributed by atoms with Crippen LogP contribution in [0.5, 0.6) is 5.75 Å². The molecular formula is C10H12N2O3. The van der Waals surface area contributed by atoms with E-state index in [-0.39, 0.29) is 6.54 Å². The van der Waals surface area contributed by atoms with Crippen molar-refractivity contribution < 1.29 is 14.3 Å². The largest absolute Gasteiger partial charge is 0.468 e. The average molecular weight is 208 g/mol. The van der Waals surface area contributed by atoms with Crippen molar-refractivity contribution in [2.75, 3.05) is 6.54 Å². The number of benzene rings is 1. The number of aldehydes is 1. The van der Waals surface area contributed by atoms with Crippen LogP contribution >= 0.6 is 0 Å². The van der Waals surface area contributed by atoms with Crippen LogP contribution in [-0.4, -0.2) is 25.0 Å². The van der Waals surface area contributed by atoms with Crippen LogP contribution in [0.2, 0.25) is 0 Å². The molecule has 0 fully saturated rings. The molecule has 0 aliphatic rings. The number of carbonyl (C=O) groups is 2. The van der Waals surface area contributed by atoms with Crippen molar-refractivity contribution in [3.8, 4) is 5.75 Å². The first-order valence-electron chi connectivity index (χ1n) is 4.41. The number of hydrogen-bond acceptors (Lipinski definition) is 4. The normalized spacial score (nSPS) is 11.7. The molecule has 1 aromatic rings. The molecule has 5 nitrogen and oxygen atoms in total. The minimum Gasteiger partial charge on any atom is -0.468 e. The smallest absolute Gasteiger partial charge is 0.231 e. The van der Waals surface area contributed by atoms with E-state index in [1.54, 1.807) is 24.3 Å². The van der Waals surface area contributed by atoms with Gasteiger partial charge in [0.05, 0.1) is 6.54 Å². The molecule has 1 unspecified atom stereocenters. The van der Waals surface area contributed by atoms with Crippen LogP contribution in [0.3, 0.4) is 0 Å². The number of carbonyl (C=O) groups excluding carboxylic acids is 2. The molecule has 0 aliphatic heterocycles. The second-order valence-corrected chi connectivity index (χ2v) is 2.83. The molecule has 0 spiro atoms. The monoisotopic (exact) mass is 208 g/mol. The lowest BCUT2D eigenvalue weighted by molar-refractivity contribution is -0.119.